The Morgan fingerprint density at radius 1 is 1.06 bits per heavy atom. The number of unbranched alkanes of at least 4 members (excludes halogenated alkanes) is 2. The maximum Gasteiger partial charge on any atom is 0.00443 e. The fourth-order valence-electron chi connectivity index (χ4n) is 2.22. The zero-order chi connectivity index (χ0) is 13.1. The van der Waals surface area contributed by atoms with E-state index in [4.69, 9.17) is 0 Å². The average Bonchev–Trinajstić information content (AvgIpc) is 2.30. The van der Waals surface area contributed by atoms with Crippen molar-refractivity contribution < 1.29 is 0 Å². The van der Waals surface area contributed by atoms with Gasteiger partial charge in [-0.05, 0) is 44.8 Å². The number of nitrogens with zero attached hydrogens (tertiary/aromatic N) is 1. The normalized spacial score (nSPS) is 15.2. The van der Waals surface area contributed by atoms with Gasteiger partial charge in [0.2, 0.25) is 0 Å². The summed E-state index contributed by atoms with van der Waals surface area (Å²) in [6.45, 7) is 14.0. The first kappa shape index (κ1) is 16.9. The van der Waals surface area contributed by atoms with Crippen LogP contribution < -0.4 is 5.32 Å². The van der Waals surface area contributed by atoms with Crippen LogP contribution in [0.15, 0.2) is 0 Å². The van der Waals surface area contributed by atoms with Crippen LogP contribution in [0, 0.1) is 5.41 Å². The molecule has 0 aromatic rings. The highest BCUT2D eigenvalue weighted by atomic mass is 15.1. The Kier molecular flexibility index (Phi) is 9.85. The maximum atomic E-state index is 3.57. The molecule has 1 unspecified atom stereocenters. The molecule has 0 fully saturated rings. The standard InChI is InChI=1S/C15H34N2/c1-6-9-10-12-17(5)14-15(4,8-3)13-16-11-7-2/h16H,6-14H2,1-5H3. The van der Waals surface area contributed by atoms with Crippen molar-refractivity contribution in [1.29, 1.82) is 0 Å². The van der Waals surface area contributed by atoms with E-state index in [1.165, 1.54) is 45.2 Å². The summed E-state index contributed by atoms with van der Waals surface area (Å²) in [5, 5.41) is 3.57. The first-order valence-corrected chi connectivity index (χ1v) is 7.47. The van der Waals surface area contributed by atoms with E-state index in [0.717, 1.165) is 13.1 Å². The maximum absolute atomic E-state index is 3.57. The minimum atomic E-state index is 0.427. The van der Waals surface area contributed by atoms with Crippen LogP contribution in [-0.4, -0.2) is 38.1 Å². The molecule has 0 bridgehead atoms. The van der Waals surface area contributed by atoms with Crippen molar-refractivity contribution in [2.75, 3.05) is 33.2 Å². The van der Waals surface area contributed by atoms with Gasteiger partial charge >= 0.3 is 0 Å². The second-order valence-corrected chi connectivity index (χ2v) is 5.79. The van der Waals surface area contributed by atoms with Gasteiger partial charge in [0.25, 0.3) is 0 Å². The summed E-state index contributed by atoms with van der Waals surface area (Å²) in [5.41, 5.74) is 0.427. The predicted molar refractivity (Wildman–Crippen MR) is 78.6 cm³/mol. The topological polar surface area (TPSA) is 15.3 Å². The van der Waals surface area contributed by atoms with Gasteiger partial charge in [-0.3, -0.25) is 0 Å². The minimum absolute atomic E-state index is 0.427. The van der Waals surface area contributed by atoms with Crippen molar-refractivity contribution in [1.82, 2.24) is 10.2 Å². The molecular weight excluding hydrogens is 208 g/mol. The highest BCUT2D eigenvalue weighted by Crippen LogP contribution is 2.21. The zero-order valence-corrected chi connectivity index (χ0v) is 12.8. The molecule has 0 saturated heterocycles. The summed E-state index contributed by atoms with van der Waals surface area (Å²) in [7, 11) is 2.27. The highest BCUT2D eigenvalue weighted by Gasteiger charge is 2.23. The van der Waals surface area contributed by atoms with E-state index in [1.807, 2.05) is 0 Å². The second kappa shape index (κ2) is 9.90. The van der Waals surface area contributed by atoms with Gasteiger partial charge in [0.15, 0.2) is 0 Å². The molecule has 0 radical (unpaired) electrons. The van der Waals surface area contributed by atoms with Crippen LogP contribution >= 0.6 is 0 Å². The molecule has 0 heterocycles. The molecule has 1 atom stereocenters. The fourth-order valence-corrected chi connectivity index (χ4v) is 2.22. The lowest BCUT2D eigenvalue weighted by atomic mass is 9.86. The molecule has 104 valence electrons. The molecule has 0 aliphatic heterocycles. The molecule has 0 spiro atoms. The Hall–Kier alpha value is -0.0800. The van der Waals surface area contributed by atoms with Crippen molar-refractivity contribution >= 4 is 0 Å². The van der Waals surface area contributed by atoms with Crippen LogP contribution in [0.5, 0.6) is 0 Å². The van der Waals surface area contributed by atoms with Gasteiger partial charge in [0.05, 0.1) is 0 Å². The summed E-state index contributed by atoms with van der Waals surface area (Å²) < 4.78 is 0. The van der Waals surface area contributed by atoms with E-state index >= 15 is 0 Å². The van der Waals surface area contributed by atoms with Gasteiger partial charge in [-0.25, -0.2) is 0 Å². The summed E-state index contributed by atoms with van der Waals surface area (Å²) in [6.07, 6.45) is 6.50. The third kappa shape index (κ3) is 8.62. The Labute approximate surface area is 109 Å². The average molecular weight is 242 g/mol. The molecule has 1 N–H and O–H groups in total. The number of rotatable bonds is 11. The summed E-state index contributed by atoms with van der Waals surface area (Å²) >= 11 is 0. The van der Waals surface area contributed by atoms with Crippen molar-refractivity contribution in [3.05, 3.63) is 0 Å². The smallest absolute Gasteiger partial charge is 0.00443 e. The van der Waals surface area contributed by atoms with Crippen LogP contribution in [0.3, 0.4) is 0 Å². The monoisotopic (exact) mass is 242 g/mol. The fraction of sp³-hybridized carbons (Fsp3) is 1.00. The van der Waals surface area contributed by atoms with E-state index in [1.54, 1.807) is 0 Å². The Bertz CT molecular complexity index is 170. The van der Waals surface area contributed by atoms with Crippen molar-refractivity contribution in [2.24, 2.45) is 5.41 Å². The van der Waals surface area contributed by atoms with Crippen molar-refractivity contribution in [2.45, 2.75) is 59.8 Å². The molecule has 0 aromatic carbocycles. The van der Waals surface area contributed by atoms with E-state index in [2.05, 4.69) is 45.0 Å². The lowest BCUT2D eigenvalue weighted by molar-refractivity contribution is 0.178. The predicted octanol–water partition coefficient (Wildman–Crippen LogP) is 3.52. The lowest BCUT2D eigenvalue weighted by Gasteiger charge is -2.33. The molecule has 0 aliphatic rings. The van der Waals surface area contributed by atoms with Gasteiger partial charge in [0, 0.05) is 13.1 Å². The van der Waals surface area contributed by atoms with E-state index < -0.39 is 0 Å². The van der Waals surface area contributed by atoms with Crippen LogP contribution in [0.4, 0.5) is 0 Å². The van der Waals surface area contributed by atoms with Gasteiger partial charge < -0.3 is 10.2 Å². The summed E-state index contributed by atoms with van der Waals surface area (Å²) in [4.78, 5) is 2.51. The number of hydrogen-bond acceptors (Lipinski definition) is 2. The quantitative estimate of drug-likeness (QED) is 0.558. The third-order valence-electron chi connectivity index (χ3n) is 3.63. The largest absolute Gasteiger partial charge is 0.316 e. The third-order valence-corrected chi connectivity index (χ3v) is 3.63. The van der Waals surface area contributed by atoms with Crippen LogP contribution in [0.1, 0.15) is 59.8 Å². The van der Waals surface area contributed by atoms with Gasteiger partial charge in [-0.15, -0.1) is 0 Å². The first-order chi connectivity index (χ1) is 8.08. The van der Waals surface area contributed by atoms with Crippen LogP contribution in [-0.2, 0) is 0 Å². The molecule has 2 nitrogen and oxygen atoms in total. The van der Waals surface area contributed by atoms with Crippen molar-refractivity contribution in [3.8, 4) is 0 Å². The molecule has 0 aliphatic carbocycles. The minimum Gasteiger partial charge on any atom is -0.316 e. The molecule has 0 amide bonds. The van der Waals surface area contributed by atoms with Gasteiger partial charge in [-0.1, -0.05) is 40.5 Å². The van der Waals surface area contributed by atoms with E-state index in [-0.39, 0.29) is 0 Å². The SMILES string of the molecule is CCCCCN(C)CC(C)(CC)CNCCC. The van der Waals surface area contributed by atoms with Crippen LogP contribution in [0.25, 0.3) is 0 Å². The highest BCUT2D eigenvalue weighted by molar-refractivity contribution is 4.78. The summed E-state index contributed by atoms with van der Waals surface area (Å²) in [6, 6.07) is 0. The van der Waals surface area contributed by atoms with Gasteiger partial charge in [-0.2, -0.15) is 0 Å². The summed E-state index contributed by atoms with van der Waals surface area (Å²) in [5.74, 6) is 0. The Morgan fingerprint density at radius 2 is 1.76 bits per heavy atom. The number of nitrogens with one attached hydrogen (secondary N) is 1. The molecule has 0 saturated carbocycles. The molecule has 0 rings (SSSR count). The first-order valence-electron chi connectivity index (χ1n) is 7.47. The number of hydrogen-bond donors (Lipinski definition) is 1. The lowest BCUT2D eigenvalue weighted by Crippen LogP contribution is -2.41. The molecule has 0 aromatic heterocycles. The van der Waals surface area contributed by atoms with Crippen LogP contribution in [0.2, 0.25) is 0 Å². The molecule has 17 heavy (non-hydrogen) atoms. The molecule has 2 heteroatoms. The zero-order valence-electron chi connectivity index (χ0n) is 12.8. The Balaban J connectivity index is 3.90. The Morgan fingerprint density at radius 3 is 2.29 bits per heavy atom. The van der Waals surface area contributed by atoms with E-state index in [9.17, 15) is 0 Å². The second-order valence-electron chi connectivity index (χ2n) is 5.79. The van der Waals surface area contributed by atoms with E-state index in [0.29, 0.717) is 5.41 Å². The van der Waals surface area contributed by atoms with Crippen molar-refractivity contribution in [3.63, 3.8) is 0 Å². The molecular formula is C15H34N2. The van der Waals surface area contributed by atoms with Gasteiger partial charge in [0.1, 0.15) is 0 Å².